The highest BCUT2D eigenvalue weighted by Crippen LogP contribution is 2.54. The zero-order valence-corrected chi connectivity index (χ0v) is 17.4. The fraction of sp³-hybridized carbons (Fsp3) is 0.308. The Morgan fingerprint density at radius 1 is 1.03 bits per heavy atom. The summed E-state index contributed by atoms with van der Waals surface area (Å²) in [6.45, 7) is 4.70. The van der Waals surface area contributed by atoms with E-state index in [4.69, 9.17) is 9.51 Å². The molecule has 2 aromatic heterocycles. The second kappa shape index (κ2) is 6.43. The van der Waals surface area contributed by atoms with Crippen LogP contribution in [0.4, 0.5) is 0 Å². The molecule has 0 saturated carbocycles. The number of nitrogens with zero attached hydrogens (tertiary/aromatic N) is 3. The lowest BCUT2D eigenvalue weighted by Gasteiger charge is -2.46. The molecule has 0 fully saturated rings. The second-order valence-corrected chi connectivity index (χ2v) is 9.01. The molecule has 4 nitrogen and oxygen atoms in total. The molecule has 4 aromatic rings. The Labute approximate surface area is 176 Å². The third-order valence-electron chi connectivity index (χ3n) is 7.32. The van der Waals surface area contributed by atoms with Crippen molar-refractivity contribution in [2.75, 3.05) is 0 Å². The van der Waals surface area contributed by atoms with Crippen LogP contribution < -0.4 is 0 Å². The molecule has 2 heterocycles. The Hall–Kier alpha value is -3.14. The molecule has 0 N–H and O–H groups in total. The third kappa shape index (κ3) is 2.40. The van der Waals surface area contributed by atoms with E-state index in [1.165, 1.54) is 22.6 Å². The molecule has 6 rings (SSSR count). The predicted molar refractivity (Wildman–Crippen MR) is 117 cm³/mol. The van der Waals surface area contributed by atoms with Crippen molar-refractivity contribution in [1.82, 2.24) is 14.7 Å². The maximum Gasteiger partial charge on any atom is 0.145 e. The number of rotatable bonds is 2. The summed E-state index contributed by atoms with van der Waals surface area (Å²) in [6.07, 6.45) is 5.01. The molecule has 2 aliphatic carbocycles. The van der Waals surface area contributed by atoms with Gasteiger partial charge in [0.25, 0.3) is 0 Å². The van der Waals surface area contributed by atoms with Crippen LogP contribution in [-0.4, -0.2) is 14.7 Å². The lowest BCUT2D eigenvalue weighted by Crippen LogP contribution is -2.44. The summed E-state index contributed by atoms with van der Waals surface area (Å²) in [4.78, 5) is 5.36. The highest BCUT2D eigenvalue weighted by Gasteiger charge is 2.51. The highest BCUT2D eigenvalue weighted by atomic mass is 16.5. The molecular formula is C26H25N3O. The second-order valence-electron chi connectivity index (χ2n) is 9.01. The lowest BCUT2D eigenvalue weighted by atomic mass is 9.57. The average molecular weight is 396 g/mol. The predicted octanol–water partition coefficient (Wildman–Crippen LogP) is 5.71. The first-order valence-corrected chi connectivity index (χ1v) is 10.8. The summed E-state index contributed by atoms with van der Waals surface area (Å²) in [7, 11) is 0. The maximum atomic E-state index is 5.64. The van der Waals surface area contributed by atoms with Crippen LogP contribution in [-0.2, 0) is 18.3 Å². The fourth-order valence-electron chi connectivity index (χ4n) is 5.94. The van der Waals surface area contributed by atoms with Crippen LogP contribution >= 0.6 is 0 Å². The zero-order chi connectivity index (χ0) is 20.3. The number of hydrogen-bond acceptors (Lipinski definition) is 3. The molecule has 0 amide bonds. The maximum absolute atomic E-state index is 5.64. The van der Waals surface area contributed by atoms with Gasteiger partial charge in [-0.1, -0.05) is 67.5 Å². The first-order valence-electron chi connectivity index (χ1n) is 10.8. The zero-order valence-electron chi connectivity index (χ0n) is 17.4. The summed E-state index contributed by atoms with van der Waals surface area (Å²) < 4.78 is 8.03. The Balaban J connectivity index is 1.60. The van der Waals surface area contributed by atoms with E-state index >= 15 is 0 Å². The minimum atomic E-state index is -0.0187. The van der Waals surface area contributed by atoms with Gasteiger partial charge in [-0.15, -0.1) is 0 Å². The van der Waals surface area contributed by atoms with Gasteiger partial charge in [-0.3, -0.25) is 4.57 Å². The number of para-hydroxylation sites is 1. The van der Waals surface area contributed by atoms with Gasteiger partial charge in [0.1, 0.15) is 11.6 Å². The Bertz CT molecular complexity index is 1210. The van der Waals surface area contributed by atoms with Crippen molar-refractivity contribution in [2.45, 2.75) is 44.4 Å². The van der Waals surface area contributed by atoms with Gasteiger partial charge in [0.2, 0.25) is 0 Å². The number of hydrogen-bond donors (Lipinski definition) is 0. The molecule has 0 bridgehead atoms. The molecule has 150 valence electrons. The molecule has 2 aliphatic rings. The van der Waals surface area contributed by atoms with E-state index in [0.29, 0.717) is 11.8 Å². The van der Waals surface area contributed by atoms with Gasteiger partial charge in [-0.25, -0.2) is 4.98 Å². The van der Waals surface area contributed by atoms with Gasteiger partial charge in [-0.05, 0) is 37.3 Å². The first kappa shape index (κ1) is 17.7. The standard InChI is InChI=1S/C26H25N3O/c1-17-21-13-14-22-24(26(21,2)15-19-16-27-30-23(17)19)28-25(18-9-5-3-6-10-18)29(22)20-11-7-4-8-12-20/h3-12,16-17,21H,13-15H2,1-2H3/t17-,21-,26-/m0/s1. The number of imidazole rings is 1. The molecule has 0 spiro atoms. The van der Waals surface area contributed by atoms with E-state index in [9.17, 15) is 0 Å². The molecular weight excluding hydrogens is 370 g/mol. The van der Waals surface area contributed by atoms with Crippen molar-refractivity contribution in [3.05, 3.63) is 89.6 Å². The van der Waals surface area contributed by atoms with Gasteiger partial charge in [0.15, 0.2) is 0 Å². The summed E-state index contributed by atoms with van der Waals surface area (Å²) >= 11 is 0. The average Bonchev–Trinajstić information content (AvgIpc) is 3.40. The molecule has 0 unspecified atom stereocenters. The largest absolute Gasteiger partial charge is 0.361 e. The summed E-state index contributed by atoms with van der Waals surface area (Å²) in [6, 6.07) is 21.2. The van der Waals surface area contributed by atoms with Gasteiger partial charge < -0.3 is 4.52 Å². The van der Waals surface area contributed by atoms with E-state index < -0.39 is 0 Å². The van der Waals surface area contributed by atoms with Crippen molar-refractivity contribution in [3.63, 3.8) is 0 Å². The van der Waals surface area contributed by atoms with Gasteiger partial charge in [0.05, 0.1) is 11.9 Å². The SMILES string of the molecule is C[C@@H]1c2oncc2C[C@]2(C)c3nc(-c4ccccc4)n(-c4ccccc4)c3CC[C@@H]12. The topological polar surface area (TPSA) is 43.9 Å². The van der Waals surface area contributed by atoms with E-state index in [2.05, 4.69) is 84.2 Å². The van der Waals surface area contributed by atoms with Crippen LogP contribution in [0.15, 0.2) is 71.4 Å². The van der Waals surface area contributed by atoms with E-state index in [0.717, 1.165) is 36.4 Å². The van der Waals surface area contributed by atoms with Crippen molar-refractivity contribution >= 4 is 0 Å². The van der Waals surface area contributed by atoms with Crippen molar-refractivity contribution in [3.8, 4) is 17.1 Å². The molecule has 2 aromatic carbocycles. The Morgan fingerprint density at radius 3 is 2.53 bits per heavy atom. The minimum absolute atomic E-state index is 0.0187. The highest BCUT2D eigenvalue weighted by molar-refractivity contribution is 5.62. The van der Waals surface area contributed by atoms with Crippen LogP contribution in [0, 0.1) is 5.92 Å². The third-order valence-corrected chi connectivity index (χ3v) is 7.32. The summed E-state index contributed by atoms with van der Waals surface area (Å²) in [5, 5.41) is 4.12. The van der Waals surface area contributed by atoms with Crippen molar-refractivity contribution < 1.29 is 4.52 Å². The Kier molecular flexibility index (Phi) is 3.79. The smallest absolute Gasteiger partial charge is 0.145 e. The van der Waals surface area contributed by atoms with Crippen LogP contribution in [0.3, 0.4) is 0 Å². The molecule has 3 atom stereocenters. The fourth-order valence-corrected chi connectivity index (χ4v) is 5.94. The van der Waals surface area contributed by atoms with E-state index in [1.54, 1.807) is 0 Å². The normalized spacial score (nSPS) is 24.7. The summed E-state index contributed by atoms with van der Waals surface area (Å²) in [5.41, 5.74) is 6.16. The monoisotopic (exact) mass is 395 g/mol. The van der Waals surface area contributed by atoms with Crippen molar-refractivity contribution in [2.24, 2.45) is 5.92 Å². The first-order chi connectivity index (χ1) is 14.7. The minimum Gasteiger partial charge on any atom is -0.361 e. The Morgan fingerprint density at radius 2 is 1.77 bits per heavy atom. The van der Waals surface area contributed by atoms with Gasteiger partial charge in [-0.2, -0.15) is 0 Å². The molecule has 30 heavy (non-hydrogen) atoms. The van der Waals surface area contributed by atoms with E-state index in [1.807, 2.05) is 6.20 Å². The van der Waals surface area contributed by atoms with E-state index in [-0.39, 0.29) is 5.41 Å². The van der Waals surface area contributed by atoms with Crippen LogP contribution in [0.1, 0.15) is 48.9 Å². The molecule has 0 aliphatic heterocycles. The van der Waals surface area contributed by atoms with Crippen LogP contribution in [0.5, 0.6) is 0 Å². The van der Waals surface area contributed by atoms with Gasteiger partial charge >= 0.3 is 0 Å². The quantitative estimate of drug-likeness (QED) is 0.437. The van der Waals surface area contributed by atoms with Crippen LogP contribution in [0.25, 0.3) is 17.1 Å². The molecule has 4 heteroatoms. The van der Waals surface area contributed by atoms with Crippen molar-refractivity contribution in [1.29, 1.82) is 0 Å². The molecule has 0 radical (unpaired) electrons. The number of fused-ring (bicyclic) bond motifs is 4. The number of aromatic nitrogens is 3. The van der Waals surface area contributed by atoms with Gasteiger partial charge in [0, 0.05) is 33.8 Å². The number of benzene rings is 2. The molecule has 0 saturated heterocycles. The van der Waals surface area contributed by atoms with Crippen LogP contribution in [0.2, 0.25) is 0 Å². The lowest BCUT2D eigenvalue weighted by molar-refractivity contribution is 0.171. The summed E-state index contributed by atoms with van der Waals surface area (Å²) in [5.74, 6) is 2.98.